The fraction of sp³-hybridized carbons (Fsp3) is 0.0476. The first kappa shape index (κ1) is 14.9. The lowest BCUT2D eigenvalue weighted by molar-refractivity contribution is 1.38. The van der Waals surface area contributed by atoms with E-state index in [1.165, 1.54) is 41.1 Å². The molecular formula is C21H12S4. The van der Waals surface area contributed by atoms with Gasteiger partial charge in [-0.25, -0.2) is 0 Å². The zero-order chi connectivity index (χ0) is 16.4. The van der Waals surface area contributed by atoms with Crippen LogP contribution in [0.2, 0.25) is 0 Å². The Morgan fingerprint density at radius 1 is 0.440 bits per heavy atom. The van der Waals surface area contributed by atoms with Gasteiger partial charge in [0.1, 0.15) is 0 Å². The third-order valence-electron chi connectivity index (χ3n) is 4.60. The van der Waals surface area contributed by atoms with Crippen molar-refractivity contribution in [3.8, 4) is 0 Å². The lowest BCUT2D eigenvalue weighted by Crippen LogP contribution is -2.15. The second kappa shape index (κ2) is 5.40. The minimum absolute atomic E-state index is 0.00523. The predicted octanol–water partition coefficient (Wildman–Crippen LogP) is 7.70. The number of thioether (sulfide) groups is 4. The van der Waals surface area contributed by atoms with Crippen molar-refractivity contribution in [3.05, 3.63) is 72.8 Å². The van der Waals surface area contributed by atoms with Gasteiger partial charge in [0.15, 0.2) is 2.74 Å². The summed E-state index contributed by atoms with van der Waals surface area (Å²) in [6.07, 6.45) is 0. The van der Waals surface area contributed by atoms with Gasteiger partial charge >= 0.3 is 0 Å². The molecule has 1 spiro atoms. The maximum atomic E-state index is 2.28. The fourth-order valence-electron chi connectivity index (χ4n) is 3.55. The maximum Gasteiger partial charge on any atom is 0.171 e. The van der Waals surface area contributed by atoms with Crippen molar-refractivity contribution in [2.24, 2.45) is 0 Å². The second-order valence-electron chi connectivity index (χ2n) is 6.13. The molecule has 25 heavy (non-hydrogen) atoms. The van der Waals surface area contributed by atoms with Gasteiger partial charge in [-0.2, -0.15) is 0 Å². The third kappa shape index (κ3) is 2.21. The van der Waals surface area contributed by atoms with Gasteiger partial charge < -0.3 is 0 Å². The SMILES string of the molecule is c1cc2c3c(cccc3c1)SC1(S2)Sc2cccc3cccc(c23)S1. The molecule has 0 nitrogen and oxygen atoms in total. The molecule has 0 aromatic heterocycles. The Bertz CT molecular complexity index is 987. The molecule has 6 rings (SSSR count). The molecule has 0 unspecified atom stereocenters. The summed E-state index contributed by atoms with van der Waals surface area (Å²) in [5, 5.41) is 5.53. The zero-order valence-electron chi connectivity index (χ0n) is 13.1. The van der Waals surface area contributed by atoms with E-state index in [0.717, 1.165) is 0 Å². The van der Waals surface area contributed by atoms with Crippen LogP contribution in [0.5, 0.6) is 0 Å². The highest BCUT2D eigenvalue weighted by atomic mass is 32.3. The Morgan fingerprint density at radius 2 is 0.760 bits per heavy atom. The molecule has 4 aromatic carbocycles. The van der Waals surface area contributed by atoms with E-state index < -0.39 is 0 Å². The summed E-state index contributed by atoms with van der Waals surface area (Å²) in [5.74, 6) is 0. The van der Waals surface area contributed by atoms with Gasteiger partial charge in [-0.15, -0.1) is 0 Å². The zero-order valence-corrected chi connectivity index (χ0v) is 16.3. The van der Waals surface area contributed by atoms with Crippen LogP contribution in [-0.4, -0.2) is 2.74 Å². The second-order valence-corrected chi connectivity index (χ2v) is 12.7. The van der Waals surface area contributed by atoms with Crippen molar-refractivity contribution in [1.82, 2.24) is 0 Å². The van der Waals surface area contributed by atoms with Crippen molar-refractivity contribution in [3.63, 3.8) is 0 Å². The molecule has 2 heterocycles. The van der Waals surface area contributed by atoms with Gasteiger partial charge in [0.05, 0.1) is 0 Å². The van der Waals surface area contributed by atoms with Crippen LogP contribution in [0.3, 0.4) is 0 Å². The molecule has 0 amide bonds. The maximum absolute atomic E-state index is 2.28. The van der Waals surface area contributed by atoms with Crippen molar-refractivity contribution in [2.75, 3.05) is 0 Å². The average molecular weight is 393 g/mol. The first-order chi connectivity index (χ1) is 12.3. The Hall–Kier alpha value is -1.20. The van der Waals surface area contributed by atoms with E-state index in [1.54, 1.807) is 0 Å². The van der Waals surface area contributed by atoms with E-state index >= 15 is 0 Å². The molecule has 0 saturated carbocycles. The third-order valence-corrected chi connectivity index (χ3v) is 10.8. The highest BCUT2D eigenvalue weighted by molar-refractivity contribution is 8.48. The van der Waals surface area contributed by atoms with Crippen molar-refractivity contribution in [1.29, 1.82) is 0 Å². The molecule has 2 aliphatic heterocycles. The first-order valence-corrected chi connectivity index (χ1v) is 11.4. The summed E-state index contributed by atoms with van der Waals surface area (Å²) in [6.45, 7) is 0. The Balaban J connectivity index is 1.55. The molecular weight excluding hydrogens is 380 g/mol. The minimum Gasteiger partial charge on any atom is -0.0847 e. The van der Waals surface area contributed by atoms with Crippen LogP contribution < -0.4 is 0 Å². The lowest BCUT2D eigenvalue weighted by atomic mass is 10.1. The van der Waals surface area contributed by atoms with Crippen LogP contribution in [0, 0.1) is 0 Å². The largest absolute Gasteiger partial charge is 0.171 e. The number of rotatable bonds is 0. The highest BCUT2D eigenvalue weighted by Gasteiger charge is 2.42. The molecule has 0 N–H and O–H groups in total. The topological polar surface area (TPSA) is 0 Å². The van der Waals surface area contributed by atoms with Crippen LogP contribution in [0.1, 0.15) is 0 Å². The molecule has 0 fully saturated rings. The predicted molar refractivity (Wildman–Crippen MR) is 114 cm³/mol. The molecule has 0 saturated heterocycles. The van der Waals surface area contributed by atoms with Gasteiger partial charge in [0.25, 0.3) is 0 Å². The molecule has 0 bridgehead atoms. The van der Waals surface area contributed by atoms with Crippen LogP contribution in [-0.2, 0) is 0 Å². The van der Waals surface area contributed by atoms with E-state index in [-0.39, 0.29) is 2.74 Å². The number of hydrogen-bond donors (Lipinski definition) is 0. The summed E-state index contributed by atoms with van der Waals surface area (Å²) < 4.78 is 0.00523. The van der Waals surface area contributed by atoms with Gasteiger partial charge in [-0.1, -0.05) is 95.6 Å². The monoisotopic (exact) mass is 392 g/mol. The normalized spacial score (nSPS) is 17.3. The Kier molecular flexibility index (Phi) is 3.22. The van der Waals surface area contributed by atoms with Crippen LogP contribution in [0.25, 0.3) is 21.5 Å². The van der Waals surface area contributed by atoms with E-state index in [2.05, 4.69) is 72.8 Å². The summed E-state index contributed by atoms with van der Waals surface area (Å²) in [6, 6.07) is 26.7. The Labute approximate surface area is 163 Å². The van der Waals surface area contributed by atoms with Gasteiger partial charge in [0.2, 0.25) is 0 Å². The number of hydrogen-bond acceptors (Lipinski definition) is 4. The van der Waals surface area contributed by atoms with E-state index in [1.807, 2.05) is 47.0 Å². The van der Waals surface area contributed by atoms with E-state index in [0.29, 0.717) is 0 Å². The van der Waals surface area contributed by atoms with E-state index in [9.17, 15) is 0 Å². The van der Waals surface area contributed by atoms with Gasteiger partial charge in [-0.05, 0) is 35.0 Å². The van der Waals surface area contributed by atoms with Crippen molar-refractivity contribution in [2.45, 2.75) is 22.3 Å². The van der Waals surface area contributed by atoms with E-state index in [4.69, 9.17) is 0 Å². The highest BCUT2D eigenvalue weighted by Crippen LogP contribution is 2.70. The summed E-state index contributed by atoms with van der Waals surface area (Å²) in [7, 11) is 0. The smallest absolute Gasteiger partial charge is 0.0847 e. The molecule has 0 radical (unpaired) electrons. The molecule has 4 aromatic rings. The van der Waals surface area contributed by atoms with Crippen LogP contribution in [0.15, 0.2) is 92.4 Å². The van der Waals surface area contributed by atoms with Gasteiger partial charge in [0, 0.05) is 30.4 Å². The quantitative estimate of drug-likeness (QED) is 0.300. The Morgan fingerprint density at radius 3 is 1.08 bits per heavy atom. The average Bonchev–Trinajstić information content (AvgIpc) is 2.62. The molecule has 120 valence electrons. The lowest BCUT2D eigenvalue weighted by Gasteiger charge is -2.38. The van der Waals surface area contributed by atoms with Crippen molar-refractivity contribution >= 4 is 68.6 Å². The number of benzene rings is 4. The standard InChI is InChI=1S/C21H12S4/c1-5-13-6-2-10-16-19(13)15(9-1)22-21(23-16)24-17-11-3-7-14-8-4-12-18(25-21)20(14)17/h1-12H. The van der Waals surface area contributed by atoms with Crippen LogP contribution >= 0.6 is 47.0 Å². The molecule has 0 aliphatic carbocycles. The minimum atomic E-state index is 0.00523. The van der Waals surface area contributed by atoms with Crippen molar-refractivity contribution < 1.29 is 0 Å². The molecule has 4 heteroatoms. The van der Waals surface area contributed by atoms with Gasteiger partial charge in [-0.3, -0.25) is 0 Å². The summed E-state index contributed by atoms with van der Waals surface area (Å²) in [5.41, 5.74) is 0. The fourth-order valence-corrected chi connectivity index (χ4v) is 10.9. The summed E-state index contributed by atoms with van der Waals surface area (Å²) in [4.78, 5) is 5.61. The summed E-state index contributed by atoms with van der Waals surface area (Å²) >= 11 is 8.04. The molecule has 0 atom stereocenters. The first-order valence-electron chi connectivity index (χ1n) is 8.11. The molecule has 2 aliphatic rings. The van der Waals surface area contributed by atoms with Crippen LogP contribution in [0.4, 0.5) is 0 Å².